The molecule has 0 aliphatic heterocycles. The van der Waals surface area contributed by atoms with Gasteiger partial charge in [0, 0.05) is 0 Å². The summed E-state index contributed by atoms with van der Waals surface area (Å²) in [5.41, 5.74) is 1.50. The quantitative estimate of drug-likeness (QED) is 0.637. The van der Waals surface area contributed by atoms with E-state index in [-0.39, 0.29) is 29.3 Å². The second-order valence-electron chi connectivity index (χ2n) is 10.3. The summed E-state index contributed by atoms with van der Waals surface area (Å²) in [5.74, 6) is 1.56. The minimum absolute atomic E-state index is 0.0357. The van der Waals surface area contributed by atoms with E-state index in [0.29, 0.717) is 17.8 Å². The van der Waals surface area contributed by atoms with Crippen molar-refractivity contribution in [3.05, 3.63) is 11.6 Å². The maximum atomic E-state index is 12.9. The molecule has 0 aromatic rings. The molecule has 3 saturated carbocycles. The zero-order valence-corrected chi connectivity index (χ0v) is 16.4. The Kier molecular flexibility index (Phi) is 4.74. The van der Waals surface area contributed by atoms with Gasteiger partial charge < -0.3 is 10.2 Å². The maximum absolute atomic E-state index is 12.9. The molecule has 0 bridgehead atoms. The molecule has 4 aliphatic carbocycles. The second kappa shape index (κ2) is 6.48. The van der Waals surface area contributed by atoms with Gasteiger partial charge in [-0.05, 0) is 92.3 Å². The molecular formula is C22H33F3O2. The molecule has 2 N–H and O–H groups in total. The Bertz CT molecular complexity index is 615. The summed E-state index contributed by atoms with van der Waals surface area (Å²) >= 11 is 0. The predicted octanol–water partition coefficient (Wildman–Crippen LogP) is 5.24. The van der Waals surface area contributed by atoms with Gasteiger partial charge in [0.1, 0.15) is 6.10 Å². The Morgan fingerprint density at radius 3 is 2.56 bits per heavy atom. The largest absolute Gasteiger partial charge is 0.414 e. The van der Waals surface area contributed by atoms with Crippen molar-refractivity contribution in [1.82, 2.24) is 0 Å². The van der Waals surface area contributed by atoms with E-state index in [1.807, 2.05) is 0 Å². The molecule has 5 heteroatoms. The van der Waals surface area contributed by atoms with Gasteiger partial charge in [0.2, 0.25) is 0 Å². The van der Waals surface area contributed by atoms with Gasteiger partial charge in [-0.3, -0.25) is 0 Å². The Morgan fingerprint density at radius 1 is 1.11 bits per heavy atom. The van der Waals surface area contributed by atoms with E-state index < -0.39 is 12.3 Å². The average molecular weight is 386 g/mol. The smallest absolute Gasteiger partial charge is 0.393 e. The number of fused-ring (bicyclic) bond motifs is 5. The zero-order chi connectivity index (χ0) is 19.6. The van der Waals surface area contributed by atoms with Crippen molar-refractivity contribution < 1.29 is 23.4 Å². The topological polar surface area (TPSA) is 40.5 Å². The van der Waals surface area contributed by atoms with E-state index in [9.17, 15) is 23.4 Å². The Morgan fingerprint density at radius 2 is 1.85 bits per heavy atom. The number of hydrogen-bond acceptors (Lipinski definition) is 2. The highest BCUT2D eigenvalue weighted by atomic mass is 19.4. The molecule has 0 aromatic heterocycles. The molecule has 154 valence electrons. The van der Waals surface area contributed by atoms with Gasteiger partial charge in [0.15, 0.2) is 0 Å². The first-order valence-electron chi connectivity index (χ1n) is 10.7. The number of allylic oxidation sites excluding steroid dienone is 1. The van der Waals surface area contributed by atoms with Crippen LogP contribution in [0.25, 0.3) is 0 Å². The van der Waals surface area contributed by atoms with Crippen molar-refractivity contribution >= 4 is 0 Å². The van der Waals surface area contributed by atoms with E-state index in [1.54, 1.807) is 0 Å². The molecular weight excluding hydrogens is 353 g/mol. The van der Waals surface area contributed by atoms with E-state index in [2.05, 4.69) is 19.9 Å². The van der Waals surface area contributed by atoms with E-state index >= 15 is 0 Å². The summed E-state index contributed by atoms with van der Waals surface area (Å²) in [4.78, 5) is 0. The highest BCUT2D eigenvalue weighted by Gasteiger charge is 2.59. The first-order valence-corrected chi connectivity index (χ1v) is 10.7. The number of rotatable bonds is 2. The van der Waals surface area contributed by atoms with Crippen LogP contribution in [0, 0.1) is 34.5 Å². The molecule has 8 atom stereocenters. The van der Waals surface area contributed by atoms with Gasteiger partial charge in [-0.2, -0.15) is 13.2 Å². The number of halogens is 3. The fraction of sp³-hybridized carbons (Fsp3) is 0.909. The summed E-state index contributed by atoms with van der Waals surface area (Å²) in [6.07, 6.45) is 2.84. The van der Waals surface area contributed by atoms with Gasteiger partial charge in [0.05, 0.1) is 6.10 Å². The molecule has 2 nitrogen and oxygen atoms in total. The Hall–Kier alpha value is -0.550. The summed E-state index contributed by atoms with van der Waals surface area (Å²) in [5, 5.41) is 19.7. The molecule has 0 heterocycles. The predicted molar refractivity (Wildman–Crippen MR) is 97.9 cm³/mol. The van der Waals surface area contributed by atoms with Crippen LogP contribution in [0.1, 0.15) is 71.6 Å². The fourth-order valence-corrected chi connectivity index (χ4v) is 7.54. The minimum Gasteiger partial charge on any atom is -0.393 e. The molecule has 6 unspecified atom stereocenters. The van der Waals surface area contributed by atoms with Crippen molar-refractivity contribution in [3.8, 4) is 0 Å². The summed E-state index contributed by atoms with van der Waals surface area (Å²) in [7, 11) is 0. The summed E-state index contributed by atoms with van der Waals surface area (Å²) < 4.78 is 38.7. The van der Waals surface area contributed by atoms with E-state index in [1.165, 1.54) is 5.57 Å². The number of hydrogen-bond donors (Lipinski definition) is 2. The molecule has 0 aromatic carbocycles. The van der Waals surface area contributed by atoms with E-state index in [0.717, 1.165) is 51.4 Å². The lowest BCUT2D eigenvalue weighted by atomic mass is 9.47. The molecule has 3 fully saturated rings. The SMILES string of the molecule is CC12CCC(O)CC1=CCC1C2CCC2(C)C1CC[C@@H]2C[C@@H](O)C(F)(F)F. The zero-order valence-electron chi connectivity index (χ0n) is 16.4. The molecule has 0 amide bonds. The monoisotopic (exact) mass is 386 g/mol. The van der Waals surface area contributed by atoms with Gasteiger partial charge in [-0.25, -0.2) is 0 Å². The molecule has 0 radical (unpaired) electrons. The third kappa shape index (κ3) is 3.08. The van der Waals surface area contributed by atoms with Crippen LogP contribution in [0.15, 0.2) is 11.6 Å². The first-order chi connectivity index (χ1) is 12.6. The molecule has 4 rings (SSSR count). The highest BCUT2D eigenvalue weighted by Crippen LogP contribution is 2.66. The van der Waals surface area contributed by atoms with Crippen LogP contribution in [0.5, 0.6) is 0 Å². The van der Waals surface area contributed by atoms with Crippen LogP contribution < -0.4 is 0 Å². The van der Waals surface area contributed by atoms with Gasteiger partial charge in [-0.1, -0.05) is 25.5 Å². The molecule has 0 saturated heterocycles. The minimum atomic E-state index is -4.51. The van der Waals surface area contributed by atoms with Crippen LogP contribution >= 0.6 is 0 Å². The van der Waals surface area contributed by atoms with Gasteiger partial charge in [-0.15, -0.1) is 0 Å². The van der Waals surface area contributed by atoms with Crippen molar-refractivity contribution in [2.24, 2.45) is 34.5 Å². The summed E-state index contributed by atoms with van der Waals surface area (Å²) in [6, 6.07) is 0. The molecule has 27 heavy (non-hydrogen) atoms. The summed E-state index contributed by atoms with van der Waals surface area (Å²) in [6.45, 7) is 4.56. The van der Waals surface area contributed by atoms with Crippen LogP contribution in [0.4, 0.5) is 13.2 Å². The standard InChI is InChI=1S/C22H33F3O2/c1-20-9-7-15(26)11-13(20)3-5-16-17-6-4-14(12-19(27)22(23,24)25)21(17,2)10-8-18(16)20/h3,14-19,26-27H,4-12H2,1-2H3/t14-,15?,16?,17?,18?,19-,20?,21?/m1/s1. The Labute approximate surface area is 160 Å². The second-order valence-corrected chi connectivity index (χ2v) is 10.3. The first kappa shape index (κ1) is 19.8. The normalized spacial score (nSPS) is 48.3. The van der Waals surface area contributed by atoms with Crippen molar-refractivity contribution in [2.45, 2.75) is 90.0 Å². The van der Waals surface area contributed by atoms with Crippen LogP contribution in [-0.2, 0) is 0 Å². The van der Waals surface area contributed by atoms with Crippen LogP contribution in [0.3, 0.4) is 0 Å². The number of aliphatic hydroxyl groups is 2. The Balaban J connectivity index is 1.55. The van der Waals surface area contributed by atoms with Gasteiger partial charge >= 0.3 is 6.18 Å². The third-order valence-electron chi connectivity index (χ3n) is 9.16. The van der Waals surface area contributed by atoms with Crippen molar-refractivity contribution in [2.75, 3.05) is 0 Å². The molecule has 4 aliphatic rings. The lowest BCUT2D eigenvalue weighted by molar-refractivity contribution is -0.211. The van der Waals surface area contributed by atoms with Crippen LogP contribution in [0.2, 0.25) is 0 Å². The lowest BCUT2D eigenvalue weighted by Gasteiger charge is -2.58. The lowest BCUT2D eigenvalue weighted by Crippen LogP contribution is -2.50. The maximum Gasteiger partial charge on any atom is 0.414 e. The molecule has 0 spiro atoms. The number of alkyl halides is 3. The fourth-order valence-electron chi connectivity index (χ4n) is 7.54. The average Bonchev–Trinajstić information content (AvgIpc) is 2.91. The van der Waals surface area contributed by atoms with Crippen LogP contribution in [-0.4, -0.2) is 28.6 Å². The highest BCUT2D eigenvalue weighted by molar-refractivity contribution is 5.25. The van der Waals surface area contributed by atoms with Crippen molar-refractivity contribution in [3.63, 3.8) is 0 Å². The van der Waals surface area contributed by atoms with E-state index in [4.69, 9.17) is 0 Å². The number of aliphatic hydroxyl groups excluding tert-OH is 2. The van der Waals surface area contributed by atoms with Crippen molar-refractivity contribution in [1.29, 1.82) is 0 Å². The third-order valence-corrected chi connectivity index (χ3v) is 9.16. The van der Waals surface area contributed by atoms with Gasteiger partial charge in [0.25, 0.3) is 0 Å².